The Morgan fingerprint density at radius 1 is 1.39 bits per heavy atom. The SMILES string of the molecule is C#CCOc1cccc(CNCCCOC)c1.Cl. The van der Waals surface area contributed by atoms with Crippen molar-refractivity contribution >= 4 is 12.4 Å². The molecule has 0 bridgehead atoms. The molecule has 0 aromatic heterocycles. The highest BCUT2D eigenvalue weighted by molar-refractivity contribution is 5.85. The van der Waals surface area contributed by atoms with Crippen molar-refractivity contribution in [3.63, 3.8) is 0 Å². The maximum atomic E-state index is 5.36. The van der Waals surface area contributed by atoms with E-state index < -0.39 is 0 Å². The summed E-state index contributed by atoms with van der Waals surface area (Å²) >= 11 is 0. The Labute approximate surface area is 115 Å². The molecule has 0 saturated heterocycles. The molecule has 0 heterocycles. The molecule has 0 saturated carbocycles. The van der Waals surface area contributed by atoms with Gasteiger partial charge in [-0.2, -0.15) is 0 Å². The van der Waals surface area contributed by atoms with Crippen molar-refractivity contribution in [2.45, 2.75) is 13.0 Å². The minimum atomic E-state index is 0. The lowest BCUT2D eigenvalue weighted by atomic mass is 10.2. The van der Waals surface area contributed by atoms with E-state index in [1.54, 1.807) is 7.11 Å². The molecule has 18 heavy (non-hydrogen) atoms. The third-order valence-corrected chi connectivity index (χ3v) is 2.25. The van der Waals surface area contributed by atoms with Crippen LogP contribution >= 0.6 is 12.4 Å². The van der Waals surface area contributed by atoms with Crippen molar-refractivity contribution in [1.29, 1.82) is 0 Å². The molecule has 0 spiro atoms. The van der Waals surface area contributed by atoms with Gasteiger partial charge >= 0.3 is 0 Å². The number of rotatable bonds is 8. The molecule has 3 nitrogen and oxygen atoms in total. The summed E-state index contributed by atoms with van der Waals surface area (Å²) in [5, 5.41) is 3.34. The predicted octanol–water partition coefficient (Wildman–Crippen LogP) is 2.25. The van der Waals surface area contributed by atoms with E-state index >= 15 is 0 Å². The lowest BCUT2D eigenvalue weighted by Gasteiger charge is -2.07. The Morgan fingerprint density at radius 3 is 2.94 bits per heavy atom. The second-order valence-corrected chi connectivity index (χ2v) is 3.66. The molecule has 0 aliphatic carbocycles. The van der Waals surface area contributed by atoms with Gasteiger partial charge in [0.15, 0.2) is 0 Å². The highest BCUT2D eigenvalue weighted by Crippen LogP contribution is 2.12. The maximum absolute atomic E-state index is 5.36. The number of hydrogen-bond donors (Lipinski definition) is 1. The minimum Gasteiger partial charge on any atom is -0.481 e. The summed E-state index contributed by atoms with van der Waals surface area (Å²) in [6.45, 7) is 2.88. The normalized spacial score (nSPS) is 9.33. The number of terminal acetylenes is 1. The second kappa shape index (κ2) is 10.9. The van der Waals surface area contributed by atoms with E-state index in [1.807, 2.05) is 18.2 Å². The van der Waals surface area contributed by atoms with Crippen LogP contribution in [0.15, 0.2) is 24.3 Å². The van der Waals surface area contributed by atoms with Crippen molar-refractivity contribution < 1.29 is 9.47 Å². The van der Waals surface area contributed by atoms with Crippen LogP contribution in [0.3, 0.4) is 0 Å². The smallest absolute Gasteiger partial charge is 0.148 e. The predicted molar refractivity (Wildman–Crippen MR) is 76.2 cm³/mol. The number of methoxy groups -OCH3 is 1. The van der Waals surface area contributed by atoms with E-state index in [2.05, 4.69) is 17.3 Å². The molecule has 100 valence electrons. The number of nitrogens with one attached hydrogen (secondary N) is 1. The maximum Gasteiger partial charge on any atom is 0.148 e. The molecule has 0 aliphatic heterocycles. The Balaban J connectivity index is 0.00000289. The van der Waals surface area contributed by atoms with Crippen LogP contribution < -0.4 is 10.1 Å². The van der Waals surface area contributed by atoms with Crippen LogP contribution in [0.4, 0.5) is 0 Å². The van der Waals surface area contributed by atoms with E-state index in [4.69, 9.17) is 15.9 Å². The van der Waals surface area contributed by atoms with E-state index in [1.165, 1.54) is 5.56 Å². The molecule has 0 atom stereocenters. The van der Waals surface area contributed by atoms with Gasteiger partial charge in [0, 0.05) is 20.3 Å². The van der Waals surface area contributed by atoms with Crippen molar-refractivity contribution in [3.05, 3.63) is 29.8 Å². The average Bonchev–Trinajstić information content (AvgIpc) is 2.37. The first-order valence-corrected chi connectivity index (χ1v) is 5.71. The summed E-state index contributed by atoms with van der Waals surface area (Å²) in [5.41, 5.74) is 1.19. The van der Waals surface area contributed by atoms with Gasteiger partial charge in [-0.05, 0) is 30.7 Å². The molecular weight excluding hydrogens is 250 g/mol. The number of ether oxygens (including phenoxy) is 2. The van der Waals surface area contributed by atoms with Gasteiger partial charge in [-0.15, -0.1) is 18.8 Å². The molecule has 0 aliphatic rings. The zero-order chi connectivity index (χ0) is 12.3. The molecule has 0 fully saturated rings. The van der Waals surface area contributed by atoms with Gasteiger partial charge < -0.3 is 14.8 Å². The van der Waals surface area contributed by atoms with Crippen LogP contribution in [0.1, 0.15) is 12.0 Å². The van der Waals surface area contributed by atoms with Gasteiger partial charge in [-0.1, -0.05) is 18.1 Å². The molecule has 4 heteroatoms. The van der Waals surface area contributed by atoms with E-state index in [0.29, 0.717) is 6.61 Å². The zero-order valence-corrected chi connectivity index (χ0v) is 11.5. The van der Waals surface area contributed by atoms with Gasteiger partial charge in [0.05, 0.1) is 0 Å². The van der Waals surface area contributed by atoms with Crippen LogP contribution in [0.25, 0.3) is 0 Å². The minimum absolute atomic E-state index is 0. The van der Waals surface area contributed by atoms with Gasteiger partial charge in [-0.25, -0.2) is 0 Å². The molecule has 0 radical (unpaired) electrons. The number of hydrogen-bond acceptors (Lipinski definition) is 3. The van der Waals surface area contributed by atoms with Crippen LogP contribution in [0, 0.1) is 12.3 Å². The van der Waals surface area contributed by atoms with E-state index in [9.17, 15) is 0 Å². The molecule has 1 N–H and O–H groups in total. The van der Waals surface area contributed by atoms with Gasteiger partial charge in [0.25, 0.3) is 0 Å². The van der Waals surface area contributed by atoms with Gasteiger partial charge in [-0.3, -0.25) is 0 Å². The first kappa shape index (κ1) is 16.8. The largest absolute Gasteiger partial charge is 0.481 e. The van der Waals surface area contributed by atoms with E-state index in [0.717, 1.165) is 31.9 Å². The molecule has 1 aromatic carbocycles. The fourth-order valence-corrected chi connectivity index (χ4v) is 1.44. The lowest BCUT2D eigenvalue weighted by Crippen LogP contribution is -2.16. The Morgan fingerprint density at radius 2 is 2.22 bits per heavy atom. The fraction of sp³-hybridized carbons (Fsp3) is 0.429. The van der Waals surface area contributed by atoms with Crippen LogP contribution in [-0.2, 0) is 11.3 Å². The van der Waals surface area contributed by atoms with Crippen LogP contribution in [0.2, 0.25) is 0 Å². The summed E-state index contributed by atoms with van der Waals surface area (Å²) in [6, 6.07) is 7.94. The molecular formula is C14H20ClNO2. The monoisotopic (exact) mass is 269 g/mol. The Hall–Kier alpha value is -1.21. The Bertz CT molecular complexity index is 363. The third kappa shape index (κ3) is 7.18. The Kier molecular flexibility index (Phi) is 10.2. The van der Waals surface area contributed by atoms with Crippen molar-refractivity contribution in [2.24, 2.45) is 0 Å². The summed E-state index contributed by atoms with van der Waals surface area (Å²) in [7, 11) is 1.71. The molecule has 1 rings (SSSR count). The quantitative estimate of drug-likeness (QED) is 0.580. The standard InChI is InChI=1S/C14H19NO2.ClH/c1-3-9-17-14-7-4-6-13(11-14)12-15-8-5-10-16-2;/h1,4,6-7,11,15H,5,8-10,12H2,2H3;1H. The van der Waals surface area contributed by atoms with Crippen molar-refractivity contribution in [1.82, 2.24) is 5.32 Å². The van der Waals surface area contributed by atoms with Crippen molar-refractivity contribution in [2.75, 3.05) is 26.9 Å². The highest BCUT2D eigenvalue weighted by atomic mass is 35.5. The average molecular weight is 270 g/mol. The number of halogens is 1. The summed E-state index contributed by atoms with van der Waals surface area (Å²) < 4.78 is 10.3. The first-order chi connectivity index (χ1) is 8.36. The highest BCUT2D eigenvalue weighted by Gasteiger charge is 1.96. The van der Waals surface area contributed by atoms with Gasteiger partial charge in [0.2, 0.25) is 0 Å². The fourth-order valence-electron chi connectivity index (χ4n) is 1.44. The number of benzene rings is 1. The summed E-state index contributed by atoms with van der Waals surface area (Å²) in [4.78, 5) is 0. The van der Waals surface area contributed by atoms with Crippen molar-refractivity contribution in [3.8, 4) is 18.1 Å². The van der Waals surface area contributed by atoms with E-state index in [-0.39, 0.29) is 12.4 Å². The van der Waals surface area contributed by atoms with Crippen LogP contribution in [-0.4, -0.2) is 26.9 Å². The summed E-state index contributed by atoms with van der Waals surface area (Å²) in [5.74, 6) is 3.27. The van der Waals surface area contributed by atoms with Crippen LogP contribution in [0.5, 0.6) is 5.75 Å². The summed E-state index contributed by atoms with van der Waals surface area (Å²) in [6.07, 6.45) is 6.16. The topological polar surface area (TPSA) is 30.5 Å². The second-order valence-electron chi connectivity index (χ2n) is 3.66. The third-order valence-electron chi connectivity index (χ3n) is 2.25. The van der Waals surface area contributed by atoms with Gasteiger partial charge in [0.1, 0.15) is 12.4 Å². The molecule has 0 amide bonds. The molecule has 1 aromatic rings. The molecule has 0 unspecified atom stereocenters. The lowest BCUT2D eigenvalue weighted by molar-refractivity contribution is 0.194. The zero-order valence-electron chi connectivity index (χ0n) is 10.6. The first-order valence-electron chi connectivity index (χ1n) is 5.71.